The number of methoxy groups -OCH3 is 1. The van der Waals surface area contributed by atoms with Gasteiger partial charge in [0.1, 0.15) is 5.75 Å². The maximum Gasteiger partial charge on any atom is 0.255 e. The van der Waals surface area contributed by atoms with Gasteiger partial charge in [-0.1, -0.05) is 24.3 Å². The van der Waals surface area contributed by atoms with Crippen LogP contribution in [0.1, 0.15) is 26.3 Å². The van der Waals surface area contributed by atoms with Gasteiger partial charge in [-0.25, -0.2) is 0 Å². The molecule has 5 heteroatoms. The van der Waals surface area contributed by atoms with E-state index < -0.39 is 0 Å². The van der Waals surface area contributed by atoms with Gasteiger partial charge in [0.15, 0.2) is 0 Å². The normalized spacial score (nSPS) is 10.1. The van der Waals surface area contributed by atoms with Crippen molar-refractivity contribution in [3.63, 3.8) is 0 Å². The highest BCUT2D eigenvalue weighted by Gasteiger charge is 2.10. The average molecular weight is 360 g/mol. The molecule has 0 unspecified atom stereocenters. The molecule has 0 saturated carbocycles. The predicted molar refractivity (Wildman–Crippen MR) is 107 cm³/mol. The second-order valence-electron chi connectivity index (χ2n) is 6.03. The molecule has 0 heterocycles. The fourth-order valence-electron chi connectivity index (χ4n) is 2.56. The number of aryl methyl sites for hydroxylation is 1. The van der Waals surface area contributed by atoms with E-state index in [-0.39, 0.29) is 11.8 Å². The monoisotopic (exact) mass is 360 g/mol. The smallest absolute Gasteiger partial charge is 0.255 e. The first-order chi connectivity index (χ1) is 13.1. The molecule has 0 aliphatic heterocycles. The highest BCUT2D eigenvalue weighted by Crippen LogP contribution is 2.22. The van der Waals surface area contributed by atoms with Crippen LogP contribution in [-0.4, -0.2) is 18.9 Å². The third-order valence-electron chi connectivity index (χ3n) is 4.13. The highest BCUT2D eigenvalue weighted by atomic mass is 16.5. The van der Waals surface area contributed by atoms with Crippen LogP contribution in [0.2, 0.25) is 0 Å². The van der Waals surface area contributed by atoms with E-state index in [0.29, 0.717) is 28.3 Å². The number of benzene rings is 3. The lowest BCUT2D eigenvalue weighted by Crippen LogP contribution is -2.14. The van der Waals surface area contributed by atoms with Gasteiger partial charge in [-0.2, -0.15) is 0 Å². The second kappa shape index (κ2) is 8.19. The molecule has 0 fully saturated rings. The van der Waals surface area contributed by atoms with E-state index >= 15 is 0 Å². The molecule has 0 atom stereocenters. The van der Waals surface area contributed by atoms with Crippen molar-refractivity contribution in [1.29, 1.82) is 0 Å². The van der Waals surface area contributed by atoms with Crippen LogP contribution in [0.4, 0.5) is 11.4 Å². The zero-order chi connectivity index (χ0) is 19.2. The third kappa shape index (κ3) is 4.52. The number of carbonyl (C=O) groups excluding carboxylic acids is 2. The largest absolute Gasteiger partial charge is 0.497 e. The van der Waals surface area contributed by atoms with E-state index in [1.807, 2.05) is 31.2 Å². The van der Waals surface area contributed by atoms with Gasteiger partial charge in [-0.05, 0) is 61.0 Å². The average Bonchev–Trinajstić information content (AvgIpc) is 2.71. The summed E-state index contributed by atoms with van der Waals surface area (Å²) in [5, 5.41) is 5.73. The zero-order valence-corrected chi connectivity index (χ0v) is 15.2. The first-order valence-corrected chi connectivity index (χ1v) is 8.49. The Balaban J connectivity index is 1.74. The number of carbonyl (C=O) groups is 2. The Morgan fingerprint density at radius 2 is 1.41 bits per heavy atom. The highest BCUT2D eigenvalue weighted by molar-refractivity contribution is 6.06. The summed E-state index contributed by atoms with van der Waals surface area (Å²) in [4.78, 5) is 24.8. The molecule has 0 aromatic heterocycles. The lowest BCUT2D eigenvalue weighted by Gasteiger charge is -2.12. The maximum absolute atomic E-state index is 12.5. The van der Waals surface area contributed by atoms with Crippen LogP contribution in [0, 0.1) is 6.92 Å². The first-order valence-electron chi connectivity index (χ1n) is 8.49. The minimum Gasteiger partial charge on any atom is -0.497 e. The number of nitrogens with one attached hydrogen (secondary N) is 2. The number of hydrogen-bond donors (Lipinski definition) is 2. The van der Waals surface area contributed by atoms with Crippen molar-refractivity contribution in [2.75, 3.05) is 17.7 Å². The summed E-state index contributed by atoms with van der Waals surface area (Å²) < 4.78 is 5.10. The first kappa shape index (κ1) is 18.2. The summed E-state index contributed by atoms with van der Waals surface area (Å²) in [5.74, 6) is 0.257. The summed E-state index contributed by atoms with van der Waals surface area (Å²) in [6, 6.07) is 21.2. The summed E-state index contributed by atoms with van der Waals surface area (Å²) in [6.45, 7) is 1.90. The van der Waals surface area contributed by atoms with Crippen LogP contribution < -0.4 is 15.4 Å². The van der Waals surface area contributed by atoms with E-state index in [4.69, 9.17) is 4.74 Å². The second-order valence-corrected chi connectivity index (χ2v) is 6.03. The van der Waals surface area contributed by atoms with Crippen LogP contribution >= 0.6 is 0 Å². The molecule has 0 aliphatic carbocycles. The van der Waals surface area contributed by atoms with Crippen molar-refractivity contribution < 1.29 is 14.3 Å². The van der Waals surface area contributed by atoms with Crippen molar-refractivity contribution in [1.82, 2.24) is 0 Å². The maximum atomic E-state index is 12.5. The van der Waals surface area contributed by atoms with E-state index in [0.717, 1.165) is 5.56 Å². The Labute approximate surface area is 158 Å². The molecule has 0 aliphatic rings. The topological polar surface area (TPSA) is 67.4 Å². The van der Waals surface area contributed by atoms with Gasteiger partial charge >= 0.3 is 0 Å². The van der Waals surface area contributed by atoms with Crippen LogP contribution in [0.25, 0.3) is 0 Å². The summed E-state index contributed by atoms with van der Waals surface area (Å²) in [5.41, 5.74) is 3.24. The van der Waals surface area contributed by atoms with Crippen molar-refractivity contribution in [2.24, 2.45) is 0 Å². The Bertz CT molecular complexity index is 951. The van der Waals surface area contributed by atoms with E-state index in [1.54, 1.807) is 55.6 Å². The lowest BCUT2D eigenvalue weighted by atomic mass is 10.1. The molecule has 136 valence electrons. The van der Waals surface area contributed by atoms with Crippen molar-refractivity contribution in [2.45, 2.75) is 6.92 Å². The van der Waals surface area contributed by atoms with Gasteiger partial charge in [-0.15, -0.1) is 0 Å². The molecule has 0 radical (unpaired) electrons. The molecule has 3 rings (SSSR count). The number of ether oxygens (including phenoxy) is 1. The molecule has 5 nitrogen and oxygen atoms in total. The Morgan fingerprint density at radius 3 is 2.07 bits per heavy atom. The van der Waals surface area contributed by atoms with Crippen LogP contribution in [-0.2, 0) is 0 Å². The molecular weight excluding hydrogens is 340 g/mol. The molecule has 0 saturated heterocycles. The molecule has 0 bridgehead atoms. The standard InChI is InChI=1S/C22H20N2O3/c1-15-8-11-18(23-21(25)16-6-4-3-5-7-16)14-20(15)24-22(26)17-9-12-19(27-2)13-10-17/h3-14H,1-2H3,(H,23,25)(H,24,26). The molecule has 0 spiro atoms. The van der Waals surface area contributed by atoms with Gasteiger partial charge < -0.3 is 15.4 Å². The molecule has 3 aromatic carbocycles. The van der Waals surface area contributed by atoms with Crippen molar-refractivity contribution in [3.8, 4) is 5.75 Å². The molecule has 2 amide bonds. The number of hydrogen-bond acceptors (Lipinski definition) is 3. The van der Waals surface area contributed by atoms with Gasteiger partial charge in [-0.3, -0.25) is 9.59 Å². The third-order valence-corrected chi connectivity index (χ3v) is 4.13. The van der Waals surface area contributed by atoms with E-state index in [1.165, 1.54) is 0 Å². The zero-order valence-electron chi connectivity index (χ0n) is 15.2. The Hall–Kier alpha value is -3.60. The van der Waals surface area contributed by atoms with Crippen LogP contribution in [0.3, 0.4) is 0 Å². The van der Waals surface area contributed by atoms with Gasteiger partial charge in [0.05, 0.1) is 7.11 Å². The van der Waals surface area contributed by atoms with E-state index in [9.17, 15) is 9.59 Å². The fourth-order valence-corrected chi connectivity index (χ4v) is 2.56. The molecule has 27 heavy (non-hydrogen) atoms. The summed E-state index contributed by atoms with van der Waals surface area (Å²) in [6.07, 6.45) is 0. The van der Waals surface area contributed by atoms with Gasteiger partial charge in [0.25, 0.3) is 11.8 Å². The van der Waals surface area contributed by atoms with Crippen LogP contribution in [0.15, 0.2) is 72.8 Å². The number of anilines is 2. The minimum atomic E-state index is -0.229. The summed E-state index contributed by atoms with van der Waals surface area (Å²) in [7, 11) is 1.58. The van der Waals surface area contributed by atoms with Gasteiger partial charge in [0.2, 0.25) is 0 Å². The SMILES string of the molecule is COc1ccc(C(=O)Nc2cc(NC(=O)c3ccccc3)ccc2C)cc1. The Kier molecular flexibility index (Phi) is 5.52. The number of rotatable bonds is 5. The van der Waals surface area contributed by atoms with E-state index in [2.05, 4.69) is 10.6 Å². The lowest BCUT2D eigenvalue weighted by molar-refractivity contribution is 0.101. The predicted octanol–water partition coefficient (Wildman–Crippen LogP) is 4.51. The van der Waals surface area contributed by atoms with Crippen LogP contribution in [0.5, 0.6) is 5.75 Å². The van der Waals surface area contributed by atoms with Gasteiger partial charge in [0, 0.05) is 22.5 Å². The molecular formula is C22H20N2O3. The fraction of sp³-hybridized carbons (Fsp3) is 0.0909. The molecule has 3 aromatic rings. The van der Waals surface area contributed by atoms with Crippen molar-refractivity contribution in [3.05, 3.63) is 89.5 Å². The summed E-state index contributed by atoms with van der Waals surface area (Å²) >= 11 is 0. The quantitative estimate of drug-likeness (QED) is 0.703. The number of amides is 2. The minimum absolute atomic E-state index is 0.202. The Morgan fingerprint density at radius 1 is 0.778 bits per heavy atom. The van der Waals surface area contributed by atoms with Crippen molar-refractivity contribution >= 4 is 23.2 Å². The molecule has 2 N–H and O–H groups in total.